The quantitative estimate of drug-likeness (QED) is 0.134. The Bertz CT molecular complexity index is 686. The van der Waals surface area contributed by atoms with Gasteiger partial charge in [-0.1, -0.05) is 121 Å². The van der Waals surface area contributed by atoms with Gasteiger partial charge in [-0.15, -0.1) is 0 Å². The van der Waals surface area contributed by atoms with E-state index in [1.807, 2.05) is 18.2 Å². The summed E-state index contributed by atoms with van der Waals surface area (Å²) in [6.07, 6.45) is 22.4. The molecule has 0 radical (unpaired) electrons. The van der Waals surface area contributed by atoms with Crippen LogP contribution in [-0.4, -0.2) is 13.3 Å². The number of unbranched alkanes of at least 4 members (excludes halogenated alkanes) is 15. The van der Waals surface area contributed by atoms with Gasteiger partial charge in [-0.25, -0.2) is 0 Å². The molecule has 2 N–H and O–H groups in total. The Hall–Kier alpha value is -2.00. The topological polar surface area (TPSA) is 33.3 Å². The van der Waals surface area contributed by atoms with Gasteiger partial charge in [0.15, 0.2) is 0 Å². The summed E-state index contributed by atoms with van der Waals surface area (Å²) in [4.78, 5) is 0. The Balaban J connectivity index is 1.31. The lowest BCUT2D eigenvalue weighted by molar-refractivity contribution is 0.147. The molecule has 34 heavy (non-hydrogen) atoms. The van der Waals surface area contributed by atoms with Crippen LogP contribution in [0, 0.1) is 0 Å². The van der Waals surface area contributed by atoms with Crippen molar-refractivity contribution in [3.8, 4) is 0 Å². The molecule has 2 aromatic rings. The van der Waals surface area contributed by atoms with Crippen LogP contribution in [0.5, 0.6) is 0 Å². The minimum Gasteiger partial charge on any atom is -0.363 e. The van der Waals surface area contributed by atoms with Crippen LogP contribution in [0.15, 0.2) is 54.6 Å². The first-order valence-corrected chi connectivity index (χ1v) is 14.1. The fraction of sp³-hybridized carbons (Fsp3) is 0.613. The third kappa shape index (κ3) is 15.0. The van der Waals surface area contributed by atoms with Gasteiger partial charge in [0.1, 0.15) is 6.73 Å². The Morgan fingerprint density at radius 3 is 1.47 bits per heavy atom. The van der Waals surface area contributed by atoms with Crippen molar-refractivity contribution in [2.24, 2.45) is 0 Å². The lowest BCUT2D eigenvalue weighted by Crippen LogP contribution is -2.07. The summed E-state index contributed by atoms with van der Waals surface area (Å²) in [5.41, 5.74) is 3.28. The van der Waals surface area contributed by atoms with Crippen molar-refractivity contribution in [2.45, 2.75) is 110 Å². The van der Waals surface area contributed by atoms with Crippen LogP contribution in [0.1, 0.15) is 110 Å². The third-order valence-electron chi connectivity index (χ3n) is 6.47. The van der Waals surface area contributed by atoms with Gasteiger partial charge < -0.3 is 15.4 Å². The van der Waals surface area contributed by atoms with Gasteiger partial charge >= 0.3 is 0 Å². The number of rotatable bonds is 22. The van der Waals surface area contributed by atoms with Gasteiger partial charge in [0, 0.05) is 23.7 Å². The van der Waals surface area contributed by atoms with Gasteiger partial charge in [0.2, 0.25) is 0 Å². The number of hydrogen-bond donors (Lipinski definition) is 2. The smallest absolute Gasteiger partial charge is 0.116 e. The summed E-state index contributed by atoms with van der Waals surface area (Å²) in [7, 11) is 0. The molecule has 0 saturated carbocycles. The molecule has 0 aliphatic carbocycles. The molecule has 0 heterocycles. The maximum Gasteiger partial charge on any atom is 0.116 e. The van der Waals surface area contributed by atoms with Crippen LogP contribution in [0.25, 0.3) is 0 Å². The van der Waals surface area contributed by atoms with Gasteiger partial charge in [-0.2, -0.15) is 0 Å². The summed E-state index contributed by atoms with van der Waals surface area (Å²) < 4.78 is 5.76. The van der Waals surface area contributed by atoms with E-state index in [0.717, 1.165) is 23.7 Å². The van der Waals surface area contributed by atoms with Crippen LogP contribution in [-0.2, 0) is 4.74 Å². The van der Waals surface area contributed by atoms with Crippen LogP contribution in [0.4, 0.5) is 17.1 Å². The monoisotopic (exact) mass is 466 g/mol. The fourth-order valence-electron chi connectivity index (χ4n) is 4.32. The van der Waals surface area contributed by atoms with E-state index >= 15 is 0 Å². The molecular weight excluding hydrogens is 416 g/mol. The van der Waals surface area contributed by atoms with Crippen molar-refractivity contribution >= 4 is 17.1 Å². The second-order valence-electron chi connectivity index (χ2n) is 9.60. The van der Waals surface area contributed by atoms with Crippen molar-refractivity contribution in [3.05, 3.63) is 54.6 Å². The standard InChI is InChI=1S/C31H50N2O/c1-2-3-4-5-6-7-8-9-10-11-12-13-14-15-16-20-27-34-28-32-29-23-25-31(26-24-29)33-30-21-18-17-19-22-30/h17-19,21-26,32-33H,2-16,20,27-28H2,1H3. The Labute approximate surface area is 210 Å². The highest BCUT2D eigenvalue weighted by Crippen LogP contribution is 2.18. The third-order valence-corrected chi connectivity index (χ3v) is 6.47. The lowest BCUT2D eigenvalue weighted by Gasteiger charge is -2.10. The Morgan fingerprint density at radius 1 is 0.500 bits per heavy atom. The molecule has 0 unspecified atom stereocenters. The number of benzene rings is 2. The molecule has 0 aliphatic rings. The maximum atomic E-state index is 5.76. The zero-order chi connectivity index (χ0) is 23.9. The normalized spacial score (nSPS) is 11.0. The minimum atomic E-state index is 0.574. The van der Waals surface area contributed by atoms with E-state index in [9.17, 15) is 0 Å². The minimum absolute atomic E-state index is 0.574. The van der Waals surface area contributed by atoms with Crippen molar-refractivity contribution in [2.75, 3.05) is 24.0 Å². The fourth-order valence-corrected chi connectivity index (χ4v) is 4.32. The van der Waals surface area contributed by atoms with Gasteiger partial charge in [-0.3, -0.25) is 0 Å². The van der Waals surface area contributed by atoms with E-state index in [1.54, 1.807) is 0 Å². The number of anilines is 3. The van der Waals surface area contributed by atoms with Crippen LogP contribution < -0.4 is 10.6 Å². The Morgan fingerprint density at radius 2 is 0.941 bits per heavy atom. The number of ether oxygens (including phenoxy) is 1. The maximum absolute atomic E-state index is 5.76. The second kappa shape index (κ2) is 20.4. The highest BCUT2D eigenvalue weighted by molar-refractivity contribution is 5.62. The van der Waals surface area contributed by atoms with Crippen molar-refractivity contribution < 1.29 is 4.74 Å². The van der Waals surface area contributed by atoms with E-state index in [2.05, 4.69) is 54.0 Å². The zero-order valence-corrected chi connectivity index (χ0v) is 21.8. The molecule has 0 fully saturated rings. The molecule has 0 aromatic heterocycles. The van der Waals surface area contributed by atoms with Crippen LogP contribution >= 0.6 is 0 Å². The summed E-state index contributed by atoms with van der Waals surface area (Å²) in [5.74, 6) is 0. The number of nitrogens with one attached hydrogen (secondary N) is 2. The van der Waals surface area contributed by atoms with E-state index < -0.39 is 0 Å². The summed E-state index contributed by atoms with van der Waals surface area (Å²) >= 11 is 0. The molecule has 0 saturated heterocycles. The zero-order valence-electron chi connectivity index (χ0n) is 21.8. The highest BCUT2D eigenvalue weighted by atomic mass is 16.5. The molecular formula is C31H50N2O. The molecule has 0 atom stereocenters. The van der Waals surface area contributed by atoms with E-state index in [4.69, 9.17) is 4.74 Å². The first-order chi connectivity index (χ1) is 16.9. The first kappa shape index (κ1) is 28.2. The molecule has 2 rings (SSSR count). The van der Waals surface area contributed by atoms with Gasteiger partial charge in [-0.05, 0) is 42.8 Å². The summed E-state index contributed by atoms with van der Waals surface area (Å²) in [6, 6.07) is 18.6. The Kier molecular flexibility index (Phi) is 16.9. The average Bonchev–Trinajstić information content (AvgIpc) is 2.87. The van der Waals surface area contributed by atoms with E-state index in [-0.39, 0.29) is 0 Å². The summed E-state index contributed by atoms with van der Waals surface area (Å²) in [6.45, 7) is 3.71. The highest BCUT2D eigenvalue weighted by Gasteiger charge is 1.97. The molecule has 2 aromatic carbocycles. The number of hydrogen-bond acceptors (Lipinski definition) is 3. The molecule has 3 heteroatoms. The van der Waals surface area contributed by atoms with Crippen molar-refractivity contribution in [3.63, 3.8) is 0 Å². The SMILES string of the molecule is CCCCCCCCCCCCCCCCCCOCNc1ccc(Nc2ccccc2)cc1. The molecule has 0 bridgehead atoms. The number of para-hydroxylation sites is 1. The lowest BCUT2D eigenvalue weighted by atomic mass is 10.0. The molecule has 3 nitrogen and oxygen atoms in total. The first-order valence-electron chi connectivity index (χ1n) is 14.1. The van der Waals surface area contributed by atoms with Crippen LogP contribution in [0.3, 0.4) is 0 Å². The molecule has 0 spiro atoms. The van der Waals surface area contributed by atoms with Crippen LogP contribution in [0.2, 0.25) is 0 Å². The largest absolute Gasteiger partial charge is 0.363 e. The predicted octanol–water partition coefficient (Wildman–Crippen LogP) is 10.1. The van der Waals surface area contributed by atoms with Crippen molar-refractivity contribution in [1.82, 2.24) is 0 Å². The molecule has 0 aliphatic heterocycles. The van der Waals surface area contributed by atoms with E-state index in [0.29, 0.717) is 6.73 Å². The van der Waals surface area contributed by atoms with Crippen molar-refractivity contribution in [1.29, 1.82) is 0 Å². The molecule has 190 valence electrons. The average molecular weight is 467 g/mol. The van der Waals surface area contributed by atoms with Gasteiger partial charge in [0.25, 0.3) is 0 Å². The predicted molar refractivity (Wildman–Crippen MR) is 150 cm³/mol. The molecule has 0 amide bonds. The van der Waals surface area contributed by atoms with Gasteiger partial charge in [0.05, 0.1) is 0 Å². The second-order valence-corrected chi connectivity index (χ2v) is 9.60. The summed E-state index contributed by atoms with van der Waals surface area (Å²) in [5, 5.41) is 6.74. The van der Waals surface area contributed by atoms with E-state index in [1.165, 1.54) is 103 Å².